The standard InChI is InChI=1S/C15H21NO3/c1-17-13-8-10-5-6-16-15(12-4-3-7-19-12)11(10)9-14(13)18-2/h8-9,12,15-16H,3-7H2,1-2H3. The molecule has 0 aromatic heterocycles. The summed E-state index contributed by atoms with van der Waals surface area (Å²) in [6, 6.07) is 4.50. The molecule has 3 rings (SSSR count). The van der Waals surface area contributed by atoms with E-state index < -0.39 is 0 Å². The van der Waals surface area contributed by atoms with Crippen molar-refractivity contribution in [2.75, 3.05) is 27.4 Å². The minimum atomic E-state index is 0.283. The van der Waals surface area contributed by atoms with Crippen molar-refractivity contribution in [1.29, 1.82) is 0 Å². The summed E-state index contributed by atoms with van der Waals surface area (Å²) in [6.45, 7) is 1.87. The third-order valence-corrected chi connectivity index (χ3v) is 4.08. The van der Waals surface area contributed by atoms with E-state index in [1.165, 1.54) is 11.1 Å². The third kappa shape index (κ3) is 2.30. The van der Waals surface area contributed by atoms with Gasteiger partial charge in [-0.15, -0.1) is 0 Å². The van der Waals surface area contributed by atoms with E-state index in [-0.39, 0.29) is 12.1 Å². The maximum Gasteiger partial charge on any atom is 0.161 e. The van der Waals surface area contributed by atoms with Crippen molar-refractivity contribution in [2.45, 2.75) is 31.4 Å². The van der Waals surface area contributed by atoms with Crippen LogP contribution in [0.1, 0.15) is 30.0 Å². The van der Waals surface area contributed by atoms with Crippen LogP contribution in [-0.4, -0.2) is 33.5 Å². The first kappa shape index (κ1) is 12.8. The fraction of sp³-hybridized carbons (Fsp3) is 0.600. The molecular formula is C15H21NO3. The Labute approximate surface area is 114 Å². The number of fused-ring (bicyclic) bond motifs is 1. The summed E-state index contributed by atoms with van der Waals surface area (Å²) in [6.07, 6.45) is 3.60. The number of hydrogen-bond donors (Lipinski definition) is 1. The summed E-state index contributed by atoms with van der Waals surface area (Å²) in [5.41, 5.74) is 2.65. The van der Waals surface area contributed by atoms with Crippen LogP contribution in [0, 0.1) is 0 Å². The number of hydrogen-bond acceptors (Lipinski definition) is 4. The van der Waals surface area contributed by atoms with Crippen LogP contribution in [0.4, 0.5) is 0 Å². The van der Waals surface area contributed by atoms with E-state index in [0.717, 1.165) is 43.9 Å². The van der Waals surface area contributed by atoms with Gasteiger partial charge in [0.05, 0.1) is 26.4 Å². The second-order valence-electron chi connectivity index (χ2n) is 5.14. The lowest BCUT2D eigenvalue weighted by molar-refractivity contribution is 0.0761. The van der Waals surface area contributed by atoms with Gasteiger partial charge in [0.1, 0.15) is 0 Å². The highest BCUT2D eigenvalue weighted by molar-refractivity contribution is 5.49. The predicted octanol–water partition coefficient (Wildman–Crippen LogP) is 2.07. The van der Waals surface area contributed by atoms with Crippen LogP contribution in [0.5, 0.6) is 11.5 Å². The lowest BCUT2D eigenvalue weighted by atomic mass is 9.89. The van der Waals surface area contributed by atoms with E-state index in [1.807, 2.05) is 0 Å². The Morgan fingerprint density at radius 3 is 2.68 bits per heavy atom. The van der Waals surface area contributed by atoms with Crippen molar-refractivity contribution in [3.8, 4) is 11.5 Å². The molecule has 4 nitrogen and oxygen atoms in total. The molecular weight excluding hydrogens is 242 g/mol. The third-order valence-electron chi connectivity index (χ3n) is 4.08. The molecule has 0 radical (unpaired) electrons. The molecule has 2 heterocycles. The van der Waals surface area contributed by atoms with Crippen LogP contribution in [0.25, 0.3) is 0 Å². The van der Waals surface area contributed by atoms with E-state index in [2.05, 4.69) is 17.4 Å². The molecule has 1 N–H and O–H groups in total. The Morgan fingerprint density at radius 2 is 2.00 bits per heavy atom. The van der Waals surface area contributed by atoms with Gasteiger partial charge in [0.25, 0.3) is 0 Å². The van der Waals surface area contributed by atoms with Crippen molar-refractivity contribution >= 4 is 0 Å². The lowest BCUT2D eigenvalue weighted by Gasteiger charge is -2.31. The predicted molar refractivity (Wildman–Crippen MR) is 73.0 cm³/mol. The van der Waals surface area contributed by atoms with Gasteiger partial charge in [0.15, 0.2) is 11.5 Å². The number of nitrogens with one attached hydrogen (secondary N) is 1. The largest absolute Gasteiger partial charge is 0.493 e. The Kier molecular flexibility index (Phi) is 3.62. The minimum Gasteiger partial charge on any atom is -0.493 e. The smallest absolute Gasteiger partial charge is 0.161 e. The molecule has 1 aromatic rings. The van der Waals surface area contributed by atoms with Crippen LogP contribution in [0.15, 0.2) is 12.1 Å². The van der Waals surface area contributed by atoms with Crippen molar-refractivity contribution in [1.82, 2.24) is 5.32 Å². The zero-order valence-electron chi connectivity index (χ0n) is 11.6. The fourth-order valence-electron chi connectivity index (χ4n) is 3.11. The topological polar surface area (TPSA) is 39.7 Å². The monoisotopic (exact) mass is 263 g/mol. The first-order chi connectivity index (χ1) is 9.33. The Balaban J connectivity index is 1.98. The molecule has 0 amide bonds. The van der Waals surface area contributed by atoms with Crippen LogP contribution < -0.4 is 14.8 Å². The Hall–Kier alpha value is -1.26. The fourth-order valence-corrected chi connectivity index (χ4v) is 3.11. The van der Waals surface area contributed by atoms with Gasteiger partial charge in [-0.1, -0.05) is 0 Å². The van der Waals surface area contributed by atoms with E-state index in [1.54, 1.807) is 14.2 Å². The Bertz CT molecular complexity index is 455. The minimum absolute atomic E-state index is 0.283. The molecule has 19 heavy (non-hydrogen) atoms. The lowest BCUT2D eigenvalue weighted by Crippen LogP contribution is -2.37. The van der Waals surface area contributed by atoms with Gasteiger partial charge in [-0.3, -0.25) is 0 Å². The van der Waals surface area contributed by atoms with Gasteiger partial charge in [0.2, 0.25) is 0 Å². The summed E-state index contributed by atoms with van der Waals surface area (Å²) in [5, 5.41) is 3.58. The molecule has 4 heteroatoms. The van der Waals surface area contributed by atoms with Gasteiger partial charge < -0.3 is 19.5 Å². The maximum absolute atomic E-state index is 5.84. The molecule has 2 unspecified atom stereocenters. The van der Waals surface area contributed by atoms with Gasteiger partial charge in [-0.2, -0.15) is 0 Å². The summed E-state index contributed by atoms with van der Waals surface area (Å²) in [7, 11) is 3.37. The molecule has 0 aliphatic carbocycles. The first-order valence-electron chi connectivity index (χ1n) is 6.93. The van der Waals surface area contributed by atoms with Crippen LogP contribution in [0.2, 0.25) is 0 Å². The maximum atomic E-state index is 5.84. The zero-order valence-corrected chi connectivity index (χ0v) is 11.6. The zero-order chi connectivity index (χ0) is 13.2. The number of ether oxygens (including phenoxy) is 3. The molecule has 0 saturated carbocycles. The van der Waals surface area contributed by atoms with Gasteiger partial charge in [-0.25, -0.2) is 0 Å². The Morgan fingerprint density at radius 1 is 1.21 bits per heavy atom. The van der Waals surface area contributed by atoms with E-state index >= 15 is 0 Å². The summed E-state index contributed by atoms with van der Waals surface area (Å²) < 4.78 is 16.7. The molecule has 1 saturated heterocycles. The van der Waals surface area contributed by atoms with E-state index in [9.17, 15) is 0 Å². The van der Waals surface area contributed by atoms with Crippen LogP contribution in [0.3, 0.4) is 0 Å². The highest BCUT2D eigenvalue weighted by atomic mass is 16.5. The average Bonchev–Trinajstić information content (AvgIpc) is 2.99. The second kappa shape index (κ2) is 5.39. The van der Waals surface area contributed by atoms with E-state index in [0.29, 0.717) is 0 Å². The summed E-state index contributed by atoms with van der Waals surface area (Å²) in [4.78, 5) is 0. The summed E-state index contributed by atoms with van der Waals surface area (Å²) in [5.74, 6) is 1.61. The molecule has 1 fully saturated rings. The highest BCUT2D eigenvalue weighted by Crippen LogP contribution is 2.38. The SMILES string of the molecule is COc1cc2c(cc1OC)C(C1CCCO1)NCC2. The van der Waals surface area contributed by atoms with Crippen LogP contribution in [-0.2, 0) is 11.2 Å². The molecule has 2 aliphatic rings. The highest BCUT2D eigenvalue weighted by Gasteiger charge is 2.31. The molecule has 104 valence electrons. The first-order valence-corrected chi connectivity index (χ1v) is 6.93. The molecule has 0 spiro atoms. The number of methoxy groups -OCH3 is 2. The van der Waals surface area contributed by atoms with Crippen molar-refractivity contribution in [2.24, 2.45) is 0 Å². The van der Waals surface area contributed by atoms with Crippen molar-refractivity contribution < 1.29 is 14.2 Å². The second-order valence-corrected chi connectivity index (χ2v) is 5.14. The number of benzene rings is 1. The van der Waals surface area contributed by atoms with Gasteiger partial charge >= 0.3 is 0 Å². The molecule has 2 atom stereocenters. The molecule has 2 aliphatic heterocycles. The summed E-state index contributed by atoms with van der Waals surface area (Å²) >= 11 is 0. The number of rotatable bonds is 3. The van der Waals surface area contributed by atoms with Crippen LogP contribution >= 0.6 is 0 Å². The van der Waals surface area contributed by atoms with Gasteiger partial charge in [-0.05, 0) is 49.1 Å². The van der Waals surface area contributed by atoms with E-state index in [4.69, 9.17) is 14.2 Å². The quantitative estimate of drug-likeness (QED) is 0.906. The molecule has 0 bridgehead atoms. The normalized spacial score (nSPS) is 26.0. The molecule has 1 aromatic carbocycles. The van der Waals surface area contributed by atoms with Crippen molar-refractivity contribution in [3.63, 3.8) is 0 Å². The van der Waals surface area contributed by atoms with Crippen molar-refractivity contribution in [3.05, 3.63) is 23.3 Å². The van der Waals surface area contributed by atoms with Gasteiger partial charge in [0, 0.05) is 6.61 Å². The average molecular weight is 263 g/mol.